The highest BCUT2D eigenvalue weighted by molar-refractivity contribution is 9.10. The molecule has 0 radical (unpaired) electrons. The summed E-state index contributed by atoms with van der Waals surface area (Å²) in [4.78, 5) is 4.28. The van der Waals surface area contributed by atoms with E-state index in [2.05, 4.69) is 45.3 Å². The molecule has 106 valence electrons. The third kappa shape index (κ3) is 3.81. The molecule has 1 N–H and O–H groups in total. The summed E-state index contributed by atoms with van der Waals surface area (Å²) in [6.45, 7) is 5.61. The van der Waals surface area contributed by atoms with Crippen molar-refractivity contribution in [3.63, 3.8) is 0 Å². The Bertz CT molecular complexity index is 560. The minimum absolute atomic E-state index is 0.116. The van der Waals surface area contributed by atoms with Crippen LogP contribution >= 0.6 is 15.9 Å². The van der Waals surface area contributed by atoms with Gasteiger partial charge in [0.2, 0.25) is 0 Å². The Kier molecular flexibility index (Phi) is 5.56. The van der Waals surface area contributed by atoms with Gasteiger partial charge in [-0.3, -0.25) is 4.98 Å². The number of nitrogens with zero attached hydrogens (tertiary/aromatic N) is 1. The molecule has 2 rings (SSSR count). The molecule has 0 spiro atoms. The number of pyridine rings is 1. The summed E-state index contributed by atoms with van der Waals surface area (Å²) in [5, 5.41) is 3.50. The maximum atomic E-state index is 5.53. The summed E-state index contributed by atoms with van der Waals surface area (Å²) < 4.78 is 6.61. The van der Waals surface area contributed by atoms with Crippen molar-refractivity contribution < 1.29 is 4.74 Å². The standard InChI is InChI=1S/C16H19BrN2O/c1-3-19-16(12-6-5-7-14(17)8-12)13-9-15(20-4-2)11-18-10-13/h5-11,16,19H,3-4H2,1-2H3. The van der Waals surface area contributed by atoms with Crippen molar-refractivity contribution in [1.82, 2.24) is 10.3 Å². The first-order chi connectivity index (χ1) is 9.74. The first-order valence-corrected chi connectivity index (χ1v) is 7.60. The summed E-state index contributed by atoms with van der Waals surface area (Å²) >= 11 is 3.53. The van der Waals surface area contributed by atoms with Crippen LogP contribution in [0.3, 0.4) is 0 Å². The van der Waals surface area contributed by atoms with Crippen molar-refractivity contribution >= 4 is 15.9 Å². The molecule has 0 saturated heterocycles. The summed E-state index contributed by atoms with van der Waals surface area (Å²) in [5.41, 5.74) is 2.31. The van der Waals surface area contributed by atoms with Gasteiger partial charge in [-0.05, 0) is 42.8 Å². The highest BCUT2D eigenvalue weighted by atomic mass is 79.9. The fraction of sp³-hybridized carbons (Fsp3) is 0.312. The Morgan fingerprint density at radius 1 is 1.20 bits per heavy atom. The van der Waals surface area contributed by atoms with Crippen LogP contribution < -0.4 is 10.1 Å². The second kappa shape index (κ2) is 7.41. The molecule has 1 unspecified atom stereocenters. The van der Waals surface area contributed by atoms with Gasteiger partial charge in [0.25, 0.3) is 0 Å². The van der Waals surface area contributed by atoms with Gasteiger partial charge in [-0.1, -0.05) is 35.0 Å². The van der Waals surface area contributed by atoms with Crippen molar-refractivity contribution in [2.24, 2.45) is 0 Å². The normalized spacial score (nSPS) is 12.2. The van der Waals surface area contributed by atoms with Crippen LogP contribution in [-0.4, -0.2) is 18.1 Å². The molecule has 0 aliphatic carbocycles. The Hall–Kier alpha value is -1.39. The average Bonchev–Trinajstić information content (AvgIpc) is 2.45. The summed E-state index contributed by atoms with van der Waals surface area (Å²) in [7, 11) is 0. The number of hydrogen-bond donors (Lipinski definition) is 1. The molecule has 2 aromatic rings. The molecule has 0 bridgehead atoms. The lowest BCUT2D eigenvalue weighted by molar-refractivity contribution is 0.338. The van der Waals surface area contributed by atoms with Crippen molar-refractivity contribution in [3.8, 4) is 5.75 Å². The van der Waals surface area contributed by atoms with Crippen molar-refractivity contribution in [2.75, 3.05) is 13.2 Å². The topological polar surface area (TPSA) is 34.2 Å². The third-order valence-corrected chi connectivity index (χ3v) is 3.46. The molecule has 0 aliphatic rings. The number of aromatic nitrogens is 1. The second-order valence-electron chi connectivity index (χ2n) is 4.43. The van der Waals surface area contributed by atoms with E-state index in [1.54, 1.807) is 6.20 Å². The first kappa shape index (κ1) is 15.0. The minimum Gasteiger partial charge on any atom is -0.492 e. The lowest BCUT2D eigenvalue weighted by Crippen LogP contribution is -2.22. The quantitative estimate of drug-likeness (QED) is 0.868. The van der Waals surface area contributed by atoms with E-state index in [1.165, 1.54) is 5.56 Å². The van der Waals surface area contributed by atoms with Gasteiger partial charge in [-0.15, -0.1) is 0 Å². The fourth-order valence-corrected chi connectivity index (χ4v) is 2.57. The van der Waals surface area contributed by atoms with Gasteiger partial charge in [0.15, 0.2) is 0 Å². The summed E-state index contributed by atoms with van der Waals surface area (Å²) in [6, 6.07) is 10.5. The van der Waals surface area contributed by atoms with E-state index in [-0.39, 0.29) is 6.04 Å². The predicted molar refractivity (Wildman–Crippen MR) is 85.1 cm³/mol. The van der Waals surface area contributed by atoms with Gasteiger partial charge < -0.3 is 10.1 Å². The molecule has 0 aliphatic heterocycles. The molecule has 1 atom stereocenters. The van der Waals surface area contributed by atoms with Crippen LogP contribution in [0.2, 0.25) is 0 Å². The molecule has 1 heterocycles. The fourth-order valence-electron chi connectivity index (χ4n) is 2.16. The molecule has 0 saturated carbocycles. The molecule has 4 heteroatoms. The zero-order valence-corrected chi connectivity index (χ0v) is 13.4. The van der Waals surface area contributed by atoms with E-state index < -0.39 is 0 Å². The van der Waals surface area contributed by atoms with Crippen molar-refractivity contribution in [2.45, 2.75) is 19.9 Å². The van der Waals surface area contributed by atoms with Crippen LogP contribution in [0.5, 0.6) is 5.75 Å². The van der Waals surface area contributed by atoms with Gasteiger partial charge in [-0.2, -0.15) is 0 Å². The monoisotopic (exact) mass is 334 g/mol. The van der Waals surface area contributed by atoms with Gasteiger partial charge in [0.1, 0.15) is 5.75 Å². The largest absolute Gasteiger partial charge is 0.492 e. The zero-order valence-electron chi connectivity index (χ0n) is 11.8. The number of rotatable bonds is 6. The van der Waals surface area contributed by atoms with Crippen molar-refractivity contribution in [1.29, 1.82) is 0 Å². The van der Waals surface area contributed by atoms with Crippen LogP contribution in [0.4, 0.5) is 0 Å². The van der Waals surface area contributed by atoms with Crippen LogP contribution in [0, 0.1) is 0 Å². The van der Waals surface area contributed by atoms with Crippen LogP contribution in [0.1, 0.15) is 31.0 Å². The van der Waals surface area contributed by atoms with Gasteiger partial charge in [-0.25, -0.2) is 0 Å². The molecule has 1 aromatic heterocycles. The van der Waals surface area contributed by atoms with Gasteiger partial charge in [0, 0.05) is 10.7 Å². The molecule has 3 nitrogen and oxygen atoms in total. The maximum absolute atomic E-state index is 5.53. The number of ether oxygens (including phenoxy) is 1. The molecule has 1 aromatic carbocycles. The van der Waals surface area contributed by atoms with Gasteiger partial charge >= 0.3 is 0 Å². The van der Waals surface area contributed by atoms with E-state index in [9.17, 15) is 0 Å². The SMILES string of the molecule is CCNC(c1cccc(Br)c1)c1cncc(OCC)c1. The minimum atomic E-state index is 0.116. The molecular formula is C16H19BrN2O. The lowest BCUT2D eigenvalue weighted by Gasteiger charge is -2.19. The second-order valence-corrected chi connectivity index (χ2v) is 5.35. The highest BCUT2D eigenvalue weighted by Crippen LogP contribution is 2.26. The number of hydrogen-bond acceptors (Lipinski definition) is 3. The van der Waals surface area contributed by atoms with E-state index >= 15 is 0 Å². The summed E-state index contributed by atoms with van der Waals surface area (Å²) in [5.74, 6) is 0.808. The molecule has 20 heavy (non-hydrogen) atoms. The number of nitrogens with one attached hydrogen (secondary N) is 1. The molecule has 0 amide bonds. The van der Waals surface area contributed by atoms with Crippen LogP contribution in [-0.2, 0) is 0 Å². The smallest absolute Gasteiger partial charge is 0.137 e. The predicted octanol–water partition coefficient (Wildman–Crippen LogP) is 3.94. The number of benzene rings is 1. The van der Waals surface area contributed by atoms with E-state index in [0.717, 1.165) is 22.3 Å². The van der Waals surface area contributed by atoms with Crippen molar-refractivity contribution in [3.05, 3.63) is 58.3 Å². The Balaban J connectivity index is 2.35. The third-order valence-electron chi connectivity index (χ3n) is 2.97. The molecular weight excluding hydrogens is 316 g/mol. The van der Waals surface area contributed by atoms with Crippen LogP contribution in [0.25, 0.3) is 0 Å². The first-order valence-electron chi connectivity index (χ1n) is 6.81. The van der Waals surface area contributed by atoms with E-state index in [4.69, 9.17) is 4.74 Å². The zero-order chi connectivity index (χ0) is 14.4. The number of halogens is 1. The van der Waals surface area contributed by atoms with E-state index in [0.29, 0.717) is 6.61 Å². The molecule has 0 fully saturated rings. The average molecular weight is 335 g/mol. The highest BCUT2D eigenvalue weighted by Gasteiger charge is 2.14. The Morgan fingerprint density at radius 3 is 2.75 bits per heavy atom. The lowest BCUT2D eigenvalue weighted by atomic mass is 10.00. The maximum Gasteiger partial charge on any atom is 0.137 e. The van der Waals surface area contributed by atoms with Crippen LogP contribution in [0.15, 0.2) is 47.2 Å². The summed E-state index contributed by atoms with van der Waals surface area (Å²) in [6.07, 6.45) is 3.63. The Morgan fingerprint density at radius 2 is 2.05 bits per heavy atom. The van der Waals surface area contributed by atoms with Gasteiger partial charge in [0.05, 0.1) is 18.8 Å². The van der Waals surface area contributed by atoms with E-state index in [1.807, 2.05) is 31.3 Å². The Labute approximate surface area is 128 Å².